The van der Waals surface area contributed by atoms with E-state index in [9.17, 15) is 4.79 Å². The minimum atomic E-state index is -0.372. The molecule has 7 nitrogen and oxygen atoms in total. The zero-order valence-corrected chi connectivity index (χ0v) is 15.0. The third-order valence-corrected chi connectivity index (χ3v) is 3.99. The zero-order chi connectivity index (χ0) is 18.5. The average Bonchev–Trinajstić information content (AvgIpc) is 3.06. The zero-order valence-electron chi connectivity index (χ0n) is 15.0. The Balaban J connectivity index is 1.83. The molecular weight excluding hydrogens is 330 g/mol. The van der Waals surface area contributed by atoms with E-state index < -0.39 is 0 Å². The largest absolute Gasteiger partial charge is 0.360 e. The maximum atomic E-state index is 12.4. The maximum absolute atomic E-state index is 12.4. The average molecular weight is 351 g/mol. The van der Waals surface area contributed by atoms with Crippen LogP contribution in [0.5, 0.6) is 0 Å². The molecule has 2 aromatic heterocycles. The Morgan fingerprint density at radius 1 is 1.15 bits per heavy atom. The molecule has 0 bridgehead atoms. The molecule has 26 heavy (non-hydrogen) atoms. The lowest BCUT2D eigenvalue weighted by Crippen LogP contribution is -2.15. The molecule has 2 heterocycles. The molecule has 0 spiro atoms. The first-order valence-corrected chi connectivity index (χ1v) is 8.56. The summed E-state index contributed by atoms with van der Waals surface area (Å²) >= 11 is 0. The number of aromatic nitrogens is 3. The highest BCUT2D eigenvalue weighted by Crippen LogP contribution is 2.25. The molecule has 7 heteroatoms. The van der Waals surface area contributed by atoms with E-state index in [-0.39, 0.29) is 11.6 Å². The number of anilines is 3. The van der Waals surface area contributed by atoms with Crippen LogP contribution in [0.1, 0.15) is 41.2 Å². The van der Waals surface area contributed by atoms with Crippen LogP contribution in [-0.4, -0.2) is 21.0 Å². The van der Waals surface area contributed by atoms with Gasteiger partial charge in [0.15, 0.2) is 5.82 Å². The third kappa shape index (κ3) is 3.88. The van der Waals surface area contributed by atoms with Crippen LogP contribution in [0.4, 0.5) is 17.5 Å². The molecule has 0 aliphatic carbocycles. The number of benzene rings is 1. The Morgan fingerprint density at radius 2 is 1.88 bits per heavy atom. The third-order valence-electron chi connectivity index (χ3n) is 3.99. The SMILES string of the molecule is CCc1cccc(CC)c1Nc1nccc(C(=O)Nc2cc(C)on2)n1. The first kappa shape index (κ1) is 17.6. The predicted octanol–water partition coefficient (Wildman–Crippen LogP) is 3.89. The van der Waals surface area contributed by atoms with Crippen molar-refractivity contribution >= 4 is 23.4 Å². The summed E-state index contributed by atoms with van der Waals surface area (Å²) in [6.07, 6.45) is 3.34. The van der Waals surface area contributed by atoms with E-state index >= 15 is 0 Å². The van der Waals surface area contributed by atoms with Gasteiger partial charge >= 0.3 is 0 Å². The topological polar surface area (TPSA) is 92.9 Å². The highest BCUT2D eigenvalue weighted by Gasteiger charge is 2.13. The van der Waals surface area contributed by atoms with Crippen LogP contribution in [0.25, 0.3) is 0 Å². The Bertz CT molecular complexity index is 898. The lowest BCUT2D eigenvalue weighted by molar-refractivity contribution is 0.102. The van der Waals surface area contributed by atoms with Gasteiger partial charge in [0.1, 0.15) is 11.5 Å². The van der Waals surface area contributed by atoms with E-state index in [2.05, 4.69) is 51.7 Å². The summed E-state index contributed by atoms with van der Waals surface area (Å²) in [5, 5.41) is 9.67. The monoisotopic (exact) mass is 351 g/mol. The molecule has 1 amide bonds. The van der Waals surface area contributed by atoms with Gasteiger partial charge in [-0.3, -0.25) is 4.79 Å². The minimum absolute atomic E-state index is 0.246. The van der Waals surface area contributed by atoms with E-state index in [0.717, 1.165) is 18.5 Å². The van der Waals surface area contributed by atoms with Crippen molar-refractivity contribution < 1.29 is 9.32 Å². The Labute approximate surface area is 151 Å². The number of amides is 1. The van der Waals surface area contributed by atoms with Gasteiger partial charge in [0.2, 0.25) is 5.95 Å². The number of carbonyl (C=O) groups excluding carboxylic acids is 1. The van der Waals surface area contributed by atoms with Gasteiger partial charge < -0.3 is 15.2 Å². The molecule has 3 rings (SSSR count). The first-order chi connectivity index (χ1) is 12.6. The van der Waals surface area contributed by atoms with Crippen molar-refractivity contribution in [2.24, 2.45) is 0 Å². The van der Waals surface area contributed by atoms with Crippen LogP contribution >= 0.6 is 0 Å². The van der Waals surface area contributed by atoms with Crippen molar-refractivity contribution in [1.82, 2.24) is 15.1 Å². The molecule has 0 unspecified atom stereocenters. The predicted molar refractivity (Wildman–Crippen MR) is 99.7 cm³/mol. The van der Waals surface area contributed by atoms with E-state index in [1.807, 2.05) is 6.07 Å². The van der Waals surface area contributed by atoms with Crippen LogP contribution < -0.4 is 10.6 Å². The van der Waals surface area contributed by atoms with Gasteiger partial charge in [0.25, 0.3) is 5.91 Å². The fraction of sp³-hybridized carbons (Fsp3) is 0.263. The molecule has 0 aliphatic rings. The molecule has 0 fully saturated rings. The van der Waals surface area contributed by atoms with E-state index in [1.165, 1.54) is 11.1 Å². The molecule has 0 aliphatic heterocycles. The first-order valence-electron chi connectivity index (χ1n) is 8.56. The van der Waals surface area contributed by atoms with Gasteiger partial charge in [-0.05, 0) is 37.0 Å². The van der Waals surface area contributed by atoms with Crippen LogP contribution in [0.15, 0.2) is 41.1 Å². The minimum Gasteiger partial charge on any atom is -0.360 e. The van der Waals surface area contributed by atoms with Gasteiger partial charge in [-0.25, -0.2) is 9.97 Å². The summed E-state index contributed by atoms with van der Waals surface area (Å²) in [6, 6.07) is 9.40. The Kier molecular flexibility index (Phi) is 5.26. The van der Waals surface area contributed by atoms with E-state index in [0.29, 0.717) is 17.5 Å². The van der Waals surface area contributed by atoms with Crippen molar-refractivity contribution in [3.8, 4) is 0 Å². The normalized spacial score (nSPS) is 10.6. The fourth-order valence-electron chi connectivity index (χ4n) is 2.67. The second-order valence-corrected chi connectivity index (χ2v) is 5.83. The molecular formula is C19H21N5O2. The second-order valence-electron chi connectivity index (χ2n) is 5.83. The van der Waals surface area contributed by atoms with Gasteiger partial charge in [-0.2, -0.15) is 0 Å². The molecule has 1 aromatic carbocycles. The van der Waals surface area contributed by atoms with Crippen LogP contribution in [0, 0.1) is 6.92 Å². The van der Waals surface area contributed by atoms with Gasteiger partial charge in [-0.1, -0.05) is 37.2 Å². The van der Waals surface area contributed by atoms with Crippen molar-refractivity contribution in [2.45, 2.75) is 33.6 Å². The lowest BCUT2D eigenvalue weighted by Gasteiger charge is -2.14. The maximum Gasteiger partial charge on any atom is 0.275 e. The summed E-state index contributed by atoms with van der Waals surface area (Å²) in [5.41, 5.74) is 3.61. The number of hydrogen-bond donors (Lipinski definition) is 2. The Hall–Kier alpha value is -3.22. The number of para-hydroxylation sites is 1. The van der Waals surface area contributed by atoms with Gasteiger partial charge in [-0.15, -0.1) is 0 Å². The fourth-order valence-corrected chi connectivity index (χ4v) is 2.67. The summed E-state index contributed by atoms with van der Waals surface area (Å²) in [6.45, 7) is 5.96. The van der Waals surface area contributed by atoms with Crippen molar-refractivity contribution in [3.05, 3.63) is 59.1 Å². The molecule has 0 atom stereocenters. The quantitative estimate of drug-likeness (QED) is 0.700. The lowest BCUT2D eigenvalue weighted by atomic mass is 10.0. The highest BCUT2D eigenvalue weighted by atomic mass is 16.5. The molecule has 134 valence electrons. The number of nitrogens with one attached hydrogen (secondary N) is 2. The summed E-state index contributed by atoms with van der Waals surface area (Å²) in [7, 11) is 0. The Morgan fingerprint density at radius 3 is 2.50 bits per heavy atom. The summed E-state index contributed by atoms with van der Waals surface area (Å²) in [5.74, 6) is 0.978. The van der Waals surface area contributed by atoms with Crippen LogP contribution in [-0.2, 0) is 12.8 Å². The van der Waals surface area contributed by atoms with Gasteiger partial charge in [0.05, 0.1) is 0 Å². The molecule has 3 aromatic rings. The standard InChI is InChI=1S/C19H21N5O2/c1-4-13-7-6-8-14(5-2)17(13)23-19-20-10-9-15(21-19)18(25)22-16-11-12(3)26-24-16/h6-11H,4-5H2,1-3H3,(H,20,21,23)(H,22,24,25). The number of aryl methyl sites for hydroxylation is 3. The van der Waals surface area contributed by atoms with Crippen molar-refractivity contribution in [1.29, 1.82) is 0 Å². The van der Waals surface area contributed by atoms with Crippen molar-refractivity contribution in [3.63, 3.8) is 0 Å². The number of rotatable bonds is 6. The number of hydrogen-bond acceptors (Lipinski definition) is 6. The molecule has 0 saturated heterocycles. The molecule has 2 N–H and O–H groups in total. The molecule has 0 radical (unpaired) electrons. The van der Waals surface area contributed by atoms with Crippen LogP contribution in [0.3, 0.4) is 0 Å². The van der Waals surface area contributed by atoms with Crippen LogP contribution in [0.2, 0.25) is 0 Å². The number of nitrogens with zero attached hydrogens (tertiary/aromatic N) is 3. The van der Waals surface area contributed by atoms with E-state index in [1.54, 1.807) is 25.3 Å². The summed E-state index contributed by atoms with van der Waals surface area (Å²) in [4.78, 5) is 20.9. The second kappa shape index (κ2) is 7.77. The van der Waals surface area contributed by atoms with Crippen molar-refractivity contribution in [2.75, 3.05) is 10.6 Å². The van der Waals surface area contributed by atoms with Gasteiger partial charge in [0, 0.05) is 18.0 Å². The number of carbonyl (C=O) groups is 1. The van der Waals surface area contributed by atoms with E-state index in [4.69, 9.17) is 4.52 Å². The smallest absolute Gasteiger partial charge is 0.275 e. The molecule has 0 saturated carbocycles. The summed E-state index contributed by atoms with van der Waals surface area (Å²) < 4.78 is 4.95. The highest BCUT2D eigenvalue weighted by molar-refractivity contribution is 6.02.